The monoisotopic (exact) mass is 392 g/mol. The van der Waals surface area contributed by atoms with Crippen LogP contribution in [0, 0.1) is 5.82 Å². The van der Waals surface area contributed by atoms with Crippen LogP contribution in [-0.2, 0) is 5.92 Å². The van der Waals surface area contributed by atoms with Crippen LogP contribution in [0.1, 0.15) is 11.4 Å². The van der Waals surface area contributed by atoms with Crippen LogP contribution in [-0.4, -0.2) is 29.8 Å². The lowest BCUT2D eigenvalue weighted by Gasteiger charge is -2.15. The van der Waals surface area contributed by atoms with Gasteiger partial charge in [-0.2, -0.15) is 18.4 Å². The third kappa shape index (κ3) is 2.87. The highest BCUT2D eigenvalue weighted by atomic mass is 19.3. The van der Waals surface area contributed by atoms with Crippen LogP contribution in [0.3, 0.4) is 0 Å². The summed E-state index contributed by atoms with van der Waals surface area (Å²) in [4.78, 5) is 8.17. The summed E-state index contributed by atoms with van der Waals surface area (Å²) < 4.78 is 44.7. The molecule has 0 atom stereocenters. The Morgan fingerprint density at radius 3 is 2.55 bits per heavy atom. The molecular formula is C20H11F3N6. The van der Waals surface area contributed by atoms with Crippen LogP contribution in [0.2, 0.25) is 0 Å². The number of pyridine rings is 1. The minimum atomic E-state index is -3.48. The Kier molecular flexibility index (Phi) is 3.76. The molecule has 29 heavy (non-hydrogen) atoms. The van der Waals surface area contributed by atoms with E-state index in [1.165, 1.54) is 48.8 Å². The predicted octanol–water partition coefficient (Wildman–Crippen LogP) is 4.01. The van der Waals surface area contributed by atoms with Gasteiger partial charge in [0.1, 0.15) is 11.5 Å². The summed E-state index contributed by atoms with van der Waals surface area (Å²) >= 11 is 0. The summed E-state index contributed by atoms with van der Waals surface area (Å²) in [5.41, 5.74) is 0.969. The van der Waals surface area contributed by atoms with Gasteiger partial charge in [0.15, 0.2) is 0 Å². The molecule has 5 aromatic rings. The molecule has 142 valence electrons. The van der Waals surface area contributed by atoms with E-state index in [-0.39, 0.29) is 17.0 Å². The lowest BCUT2D eigenvalue weighted by Crippen LogP contribution is -2.20. The number of hydrogen-bond acceptors (Lipinski definition) is 5. The molecule has 0 fully saturated rings. The summed E-state index contributed by atoms with van der Waals surface area (Å²) in [6, 6.07) is 13.2. The molecule has 6 nitrogen and oxygen atoms in total. The van der Waals surface area contributed by atoms with Crippen molar-refractivity contribution >= 4 is 16.7 Å². The first-order chi connectivity index (χ1) is 14.0. The van der Waals surface area contributed by atoms with Crippen LogP contribution in [0.5, 0.6) is 0 Å². The van der Waals surface area contributed by atoms with E-state index in [4.69, 9.17) is 0 Å². The maximum atomic E-state index is 15.3. The molecule has 0 saturated carbocycles. The largest absolute Gasteiger partial charge is 0.333 e. The first-order valence-corrected chi connectivity index (χ1v) is 8.60. The highest BCUT2D eigenvalue weighted by Gasteiger charge is 2.40. The van der Waals surface area contributed by atoms with Gasteiger partial charge in [0.05, 0.1) is 11.7 Å². The molecule has 0 bridgehead atoms. The average Bonchev–Trinajstić information content (AvgIpc) is 3.18. The van der Waals surface area contributed by atoms with Gasteiger partial charge in [0.2, 0.25) is 5.82 Å². The Bertz CT molecular complexity index is 1350. The Labute approximate surface area is 161 Å². The zero-order valence-electron chi connectivity index (χ0n) is 14.7. The van der Waals surface area contributed by atoms with Crippen LogP contribution < -0.4 is 0 Å². The molecular weight excluding hydrogens is 381 g/mol. The minimum absolute atomic E-state index is 0.0653. The molecule has 2 aromatic carbocycles. The van der Waals surface area contributed by atoms with Gasteiger partial charge in [-0.3, -0.25) is 4.98 Å². The maximum absolute atomic E-state index is 15.3. The molecule has 5 rings (SSSR count). The quantitative estimate of drug-likeness (QED) is 0.464. The Morgan fingerprint density at radius 2 is 1.72 bits per heavy atom. The zero-order chi connectivity index (χ0) is 20.0. The van der Waals surface area contributed by atoms with Crippen molar-refractivity contribution in [2.45, 2.75) is 5.92 Å². The highest BCUT2D eigenvalue weighted by Crippen LogP contribution is 2.35. The summed E-state index contributed by atoms with van der Waals surface area (Å²) in [5, 5.41) is 12.3. The number of alkyl halides is 2. The fraction of sp³-hybridized carbons (Fsp3) is 0.0500. The van der Waals surface area contributed by atoms with Crippen molar-refractivity contribution in [3.63, 3.8) is 0 Å². The van der Waals surface area contributed by atoms with E-state index < -0.39 is 17.6 Å². The van der Waals surface area contributed by atoms with E-state index in [0.29, 0.717) is 11.1 Å². The van der Waals surface area contributed by atoms with Crippen molar-refractivity contribution in [2.75, 3.05) is 0 Å². The Hall–Kier alpha value is -3.88. The normalized spacial score (nSPS) is 12.0. The van der Waals surface area contributed by atoms with Gasteiger partial charge in [0.25, 0.3) is 5.78 Å². The summed E-state index contributed by atoms with van der Waals surface area (Å²) in [6.07, 6.45) is 2.91. The summed E-state index contributed by atoms with van der Waals surface area (Å²) in [6.45, 7) is 0. The number of hydrogen-bond donors (Lipinski definition) is 0. The summed E-state index contributed by atoms with van der Waals surface area (Å²) in [7, 11) is 0. The number of benzene rings is 2. The molecule has 3 heterocycles. The molecule has 0 saturated heterocycles. The van der Waals surface area contributed by atoms with Crippen molar-refractivity contribution in [1.82, 2.24) is 29.8 Å². The van der Waals surface area contributed by atoms with Gasteiger partial charge in [-0.15, -0.1) is 10.2 Å². The first kappa shape index (κ1) is 17.2. The fourth-order valence-corrected chi connectivity index (χ4v) is 3.04. The lowest BCUT2D eigenvalue weighted by atomic mass is 10.1. The number of halogens is 3. The van der Waals surface area contributed by atoms with E-state index in [1.54, 1.807) is 18.2 Å². The lowest BCUT2D eigenvalue weighted by molar-refractivity contribution is 0.0307. The number of rotatable bonds is 3. The van der Waals surface area contributed by atoms with Gasteiger partial charge < -0.3 is 0 Å². The van der Waals surface area contributed by atoms with Crippen molar-refractivity contribution in [3.8, 4) is 11.3 Å². The fourth-order valence-electron chi connectivity index (χ4n) is 3.04. The van der Waals surface area contributed by atoms with Gasteiger partial charge in [-0.05, 0) is 36.4 Å². The molecule has 0 aliphatic heterocycles. The minimum Gasteiger partial charge on any atom is -0.256 e. The molecule has 0 radical (unpaired) electrons. The van der Waals surface area contributed by atoms with E-state index in [1.807, 2.05) is 0 Å². The summed E-state index contributed by atoms with van der Waals surface area (Å²) in [5.74, 6) is -4.63. The topological polar surface area (TPSA) is 68.9 Å². The van der Waals surface area contributed by atoms with Crippen molar-refractivity contribution < 1.29 is 13.2 Å². The van der Waals surface area contributed by atoms with Gasteiger partial charge >= 0.3 is 5.92 Å². The second-order valence-electron chi connectivity index (χ2n) is 6.37. The third-order valence-electron chi connectivity index (χ3n) is 4.52. The third-order valence-corrected chi connectivity index (χ3v) is 4.52. The molecule has 0 aliphatic rings. The van der Waals surface area contributed by atoms with Gasteiger partial charge in [-0.25, -0.2) is 9.37 Å². The van der Waals surface area contributed by atoms with Crippen LogP contribution >= 0.6 is 0 Å². The van der Waals surface area contributed by atoms with Crippen LogP contribution in [0.15, 0.2) is 67.0 Å². The molecule has 0 aliphatic carbocycles. The zero-order valence-corrected chi connectivity index (χ0v) is 14.7. The van der Waals surface area contributed by atoms with Crippen molar-refractivity contribution in [3.05, 3.63) is 84.2 Å². The second-order valence-corrected chi connectivity index (χ2v) is 6.37. The number of nitrogens with zero attached hydrogens (tertiary/aromatic N) is 6. The van der Waals surface area contributed by atoms with Crippen LogP contribution in [0.4, 0.5) is 13.2 Å². The second kappa shape index (κ2) is 6.33. The molecule has 0 amide bonds. The molecule has 0 unspecified atom stereocenters. The Morgan fingerprint density at radius 1 is 0.897 bits per heavy atom. The smallest absolute Gasteiger partial charge is 0.256 e. The SMILES string of the molecule is Fc1ccc(-c2cnc3nnc(C(F)(F)c4ccc5cccnc5c4)n3n2)cc1. The number of fused-ring (bicyclic) bond motifs is 2. The molecule has 0 spiro atoms. The predicted molar refractivity (Wildman–Crippen MR) is 98.7 cm³/mol. The number of aromatic nitrogens is 6. The standard InChI is InChI=1S/C20H11F3N6/c21-15-7-4-13(5-8-15)17-11-25-19-27-26-18(29(19)28-17)20(22,23)14-6-3-12-2-1-9-24-16(12)10-14/h1-11H. The molecule has 3 aromatic heterocycles. The van der Waals surface area contributed by atoms with Crippen LogP contribution in [0.25, 0.3) is 27.9 Å². The molecule has 9 heteroatoms. The van der Waals surface area contributed by atoms with Crippen molar-refractivity contribution in [1.29, 1.82) is 0 Å². The average molecular weight is 392 g/mol. The maximum Gasteiger partial charge on any atom is 0.333 e. The van der Waals surface area contributed by atoms with Gasteiger partial charge in [-0.1, -0.05) is 18.2 Å². The van der Waals surface area contributed by atoms with E-state index in [2.05, 4.69) is 25.3 Å². The van der Waals surface area contributed by atoms with Gasteiger partial charge in [0, 0.05) is 22.7 Å². The van der Waals surface area contributed by atoms with E-state index >= 15 is 8.78 Å². The van der Waals surface area contributed by atoms with E-state index in [9.17, 15) is 4.39 Å². The molecule has 0 N–H and O–H groups in total. The van der Waals surface area contributed by atoms with Crippen molar-refractivity contribution in [2.24, 2.45) is 0 Å². The Balaban J connectivity index is 1.64. The first-order valence-electron chi connectivity index (χ1n) is 8.60. The highest BCUT2D eigenvalue weighted by molar-refractivity contribution is 5.79. The van der Waals surface area contributed by atoms with E-state index in [0.717, 1.165) is 9.90 Å².